The Morgan fingerprint density at radius 2 is 2.11 bits per heavy atom. The molecule has 2 rings (SSSR count). The summed E-state index contributed by atoms with van der Waals surface area (Å²) in [5, 5.41) is 3.01. The molecule has 19 heavy (non-hydrogen) atoms. The first-order valence-corrected chi connectivity index (χ1v) is 6.64. The Morgan fingerprint density at radius 1 is 1.37 bits per heavy atom. The molecule has 0 aliphatic heterocycles. The lowest BCUT2D eigenvalue weighted by Crippen LogP contribution is -2.15. The summed E-state index contributed by atoms with van der Waals surface area (Å²) in [4.78, 5) is 16.1. The Balaban J connectivity index is 2.31. The van der Waals surface area contributed by atoms with E-state index in [1.807, 2.05) is 19.1 Å². The molecule has 0 aliphatic rings. The summed E-state index contributed by atoms with van der Waals surface area (Å²) in [6.45, 7) is 1.94. The number of carbonyl (C=O) groups excluding carboxylic acids is 1. The van der Waals surface area contributed by atoms with Gasteiger partial charge in [-0.05, 0) is 46.6 Å². The second-order valence-corrected chi connectivity index (χ2v) is 5.16. The molecule has 3 N–H and O–H groups in total. The SMILES string of the molecule is Cc1cccc(NC(=O)c2nc(N)ccc2Cl)c1Br. The number of pyridine rings is 1. The molecule has 1 aromatic heterocycles. The molecular formula is C13H11BrClN3O. The van der Waals surface area contributed by atoms with Gasteiger partial charge in [-0.3, -0.25) is 4.79 Å². The number of aromatic nitrogens is 1. The van der Waals surface area contributed by atoms with Crippen LogP contribution < -0.4 is 11.1 Å². The number of nitrogens with one attached hydrogen (secondary N) is 1. The second-order valence-electron chi connectivity index (χ2n) is 3.96. The molecule has 0 bridgehead atoms. The van der Waals surface area contributed by atoms with Crippen LogP contribution in [0.4, 0.5) is 11.5 Å². The van der Waals surface area contributed by atoms with Crippen LogP contribution in [0.1, 0.15) is 16.1 Å². The summed E-state index contributed by atoms with van der Waals surface area (Å²) in [5.74, 6) is -0.151. The lowest BCUT2D eigenvalue weighted by atomic mass is 10.2. The first-order chi connectivity index (χ1) is 8.99. The van der Waals surface area contributed by atoms with Crippen molar-refractivity contribution in [1.29, 1.82) is 0 Å². The zero-order valence-corrected chi connectivity index (χ0v) is 12.4. The number of aryl methyl sites for hydroxylation is 1. The van der Waals surface area contributed by atoms with Crippen LogP contribution in [0.25, 0.3) is 0 Å². The van der Waals surface area contributed by atoms with Crippen LogP contribution in [0.3, 0.4) is 0 Å². The van der Waals surface area contributed by atoms with E-state index in [1.54, 1.807) is 18.2 Å². The van der Waals surface area contributed by atoms with Crippen molar-refractivity contribution in [2.75, 3.05) is 11.1 Å². The normalized spacial score (nSPS) is 10.3. The number of nitrogens with zero attached hydrogens (tertiary/aromatic N) is 1. The van der Waals surface area contributed by atoms with E-state index in [1.165, 1.54) is 0 Å². The monoisotopic (exact) mass is 339 g/mol. The third kappa shape index (κ3) is 3.05. The van der Waals surface area contributed by atoms with Crippen molar-refractivity contribution in [1.82, 2.24) is 4.98 Å². The number of nitrogen functional groups attached to an aromatic ring is 1. The van der Waals surface area contributed by atoms with Crippen LogP contribution in [0.15, 0.2) is 34.8 Å². The zero-order chi connectivity index (χ0) is 14.0. The van der Waals surface area contributed by atoms with Gasteiger partial charge in [0.15, 0.2) is 0 Å². The highest BCUT2D eigenvalue weighted by atomic mass is 79.9. The van der Waals surface area contributed by atoms with Crippen molar-refractivity contribution in [3.05, 3.63) is 51.1 Å². The molecule has 0 saturated carbocycles. The first kappa shape index (κ1) is 13.8. The van der Waals surface area contributed by atoms with Gasteiger partial charge in [-0.2, -0.15) is 0 Å². The Hall–Kier alpha value is -1.59. The molecule has 1 amide bonds. The minimum absolute atomic E-state index is 0.107. The molecule has 4 nitrogen and oxygen atoms in total. The maximum atomic E-state index is 12.1. The summed E-state index contributed by atoms with van der Waals surface area (Å²) in [7, 11) is 0. The highest BCUT2D eigenvalue weighted by Gasteiger charge is 2.14. The average Bonchev–Trinajstić information content (AvgIpc) is 2.38. The maximum Gasteiger partial charge on any atom is 0.275 e. The van der Waals surface area contributed by atoms with Gasteiger partial charge in [0, 0.05) is 4.47 Å². The van der Waals surface area contributed by atoms with Gasteiger partial charge in [-0.15, -0.1) is 0 Å². The molecule has 0 fully saturated rings. The number of benzene rings is 1. The zero-order valence-electron chi connectivity index (χ0n) is 10.1. The molecule has 0 aliphatic carbocycles. The summed E-state index contributed by atoms with van der Waals surface area (Å²) in [5.41, 5.74) is 7.34. The highest BCUT2D eigenvalue weighted by Crippen LogP contribution is 2.26. The minimum atomic E-state index is -0.399. The summed E-state index contributed by atoms with van der Waals surface area (Å²) in [6, 6.07) is 8.66. The van der Waals surface area contributed by atoms with Gasteiger partial charge in [0.25, 0.3) is 5.91 Å². The first-order valence-electron chi connectivity index (χ1n) is 5.47. The Bertz CT molecular complexity index is 646. The van der Waals surface area contributed by atoms with Gasteiger partial charge >= 0.3 is 0 Å². The molecule has 6 heteroatoms. The predicted molar refractivity (Wildman–Crippen MR) is 80.5 cm³/mol. The molecule has 0 unspecified atom stereocenters. The molecule has 2 aromatic rings. The van der Waals surface area contributed by atoms with Crippen LogP contribution in [0, 0.1) is 6.92 Å². The topological polar surface area (TPSA) is 68.0 Å². The smallest absolute Gasteiger partial charge is 0.275 e. The van der Waals surface area contributed by atoms with Gasteiger partial charge in [0.05, 0.1) is 10.7 Å². The fraction of sp³-hybridized carbons (Fsp3) is 0.0769. The Kier molecular flexibility index (Phi) is 4.07. The van der Waals surface area contributed by atoms with Crippen molar-refractivity contribution in [3.63, 3.8) is 0 Å². The third-order valence-electron chi connectivity index (χ3n) is 2.52. The number of amides is 1. The maximum absolute atomic E-state index is 12.1. The van der Waals surface area contributed by atoms with Gasteiger partial charge in [-0.1, -0.05) is 23.7 Å². The van der Waals surface area contributed by atoms with Crippen LogP contribution in [-0.4, -0.2) is 10.9 Å². The summed E-state index contributed by atoms with van der Waals surface area (Å²) < 4.78 is 0.823. The summed E-state index contributed by atoms with van der Waals surface area (Å²) in [6.07, 6.45) is 0. The molecule has 1 aromatic carbocycles. The van der Waals surface area contributed by atoms with Crippen LogP contribution >= 0.6 is 27.5 Å². The van der Waals surface area contributed by atoms with Crippen molar-refractivity contribution in [3.8, 4) is 0 Å². The number of hydrogen-bond acceptors (Lipinski definition) is 3. The van der Waals surface area contributed by atoms with Crippen molar-refractivity contribution in [2.45, 2.75) is 6.92 Å². The third-order valence-corrected chi connectivity index (χ3v) is 3.88. The van der Waals surface area contributed by atoms with E-state index in [-0.39, 0.29) is 16.5 Å². The average molecular weight is 341 g/mol. The van der Waals surface area contributed by atoms with E-state index in [4.69, 9.17) is 17.3 Å². The van der Waals surface area contributed by atoms with E-state index in [2.05, 4.69) is 26.2 Å². The number of hydrogen-bond donors (Lipinski definition) is 2. The van der Waals surface area contributed by atoms with Gasteiger partial charge in [-0.25, -0.2) is 4.98 Å². The second kappa shape index (κ2) is 5.59. The van der Waals surface area contributed by atoms with Crippen molar-refractivity contribution in [2.24, 2.45) is 0 Å². The quantitative estimate of drug-likeness (QED) is 0.877. The van der Waals surface area contributed by atoms with E-state index < -0.39 is 5.91 Å². The van der Waals surface area contributed by atoms with Crippen LogP contribution in [0.5, 0.6) is 0 Å². The van der Waals surface area contributed by atoms with E-state index in [9.17, 15) is 4.79 Å². The standard InChI is InChI=1S/C13H11BrClN3O/c1-7-3-2-4-9(11(7)14)17-13(19)12-8(15)5-6-10(16)18-12/h2-6H,1H3,(H2,16,18)(H,17,19). The molecule has 0 saturated heterocycles. The van der Waals surface area contributed by atoms with E-state index in [0.717, 1.165) is 10.0 Å². The minimum Gasteiger partial charge on any atom is -0.384 e. The van der Waals surface area contributed by atoms with Crippen LogP contribution in [-0.2, 0) is 0 Å². The fourth-order valence-electron chi connectivity index (χ4n) is 1.54. The van der Waals surface area contributed by atoms with Crippen molar-refractivity contribution < 1.29 is 4.79 Å². The number of halogens is 2. The van der Waals surface area contributed by atoms with Gasteiger partial charge < -0.3 is 11.1 Å². The lowest BCUT2D eigenvalue weighted by Gasteiger charge is -2.09. The number of anilines is 2. The number of nitrogens with two attached hydrogens (primary N) is 1. The van der Waals surface area contributed by atoms with Crippen LogP contribution in [0.2, 0.25) is 5.02 Å². The highest BCUT2D eigenvalue weighted by molar-refractivity contribution is 9.10. The molecule has 0 spiro atoms. The number of rotatable bonds is 2. The number of carbonyl (C=O) groups is 1. The lowest BCUT2D eigenvalue weighted by molar-refractivity contribution is 0.102. The fourth-order valence-corrected chi connectivity index (χ4v) is 2.10. The molecular weight excluding hydrogens is 330 g/mol. The largest absolute Gasteiger partial charge is 0.384 e. The molecule has 98 valence electrons. The Labute approximate surface area is 124 Å². The predicted octanol–water partition coefficient (Wildman–Crippen LogP) is 3.64. The van der Waals surface area contributed by atoms with Crippen molar-refractivity contribution >= 4 is 44.9 Å². The molecule has 0 radical (unpaired) electrons. The Morgan fingerprint density at radius 3 is 2.84 bits per heavy atom. The van der Waals surface area contributed by atoms with Gasteiger partial charge in [0.1, 0.15) is 11.5 Å². The summed E-state index contributed by atoms with van der Waals surface area (Å²) >= 11 is 9.36. The molecule has 1 heterocycles. The molecule has 0 atom stereocenters. The van der Waals surface area contributed by atoms with E-state index >= 15 is 0 Å². The van der Waals surface area contributed by atoms with E-state index in [0.29, 0.717) is 5.69 Å². The van der Waals surface area contributed by atoms with Gasteiger partial charge in [0.2, 0.25) is 0 Å².